The van der Waals surface area contributed by atoms with Gasteiger partial charge in [-0.05, 0) is 56.5 Å². The van der Waals surface area contributed by atoms with E-state index in [0.717, 1.165) is 18.0 Å². The van der Waals surface area contributed by atoms with Gasteiger partial charge in [0.2, 0.25) is 0 Å². The van der Waals surface area contributed by atoms with Crippen LogP contribution in [0.1, 0.15) is 25.0 Å². The van der Waals surface area contributed by atoms with Gasteiger partial charge >= 0.3 is 0 Å². The molecule has 20 heavy (non-hydrogen) atoms. The van der Waals surface area contributed by atoms with E-state index in [1.807, 2.05) is 0 Å². The second-order valence-electron chi connectivity index (χ2n) is 6.24. The van der Waals surface area contributed by atoms with Crippen LogP contribution in [0.25, 0.3) is 11.1 Å². The van der Waals surface area contributed by atoms with Crippen LogP contribution in [0.5, 0.6) is 5.75 Å². The molecule has 0 amide bonds. The van der Waals surface area contributed by atoms with Gasteiger partial charge in [-0.15, -0.1) is 0 Å². The number of nitrogens with one attached hydrogen (secondary N) is 1. The molecule has 1 N–H and O–H groups in total. The summed E-state index contributed by atoms with van der Waals surface area (Å²) in [6.45, 7) is 9.31. The summed E-state index contributed by atoms with van der Waals surface area (Å²) < 4.78 is 6.00. The molecule has 2 heteroatoms. The molecule has 0 bridgehead atoms. The van der Waals surface area contributed by atoms with Crippen LogP contribution in [0.2, 0.25) is 0 Å². The SMILES string of the molecule is Cc1ccc(C)c(-c2ccc3c(c2)NCC(C)(C)O3)c1. The zero-order valence-electron chi connectivity index (χ0n) is 12.6. The van der Waals surface area contributed by atoms with E-state index >= 15 is 0 Å². The first-order valence-electron chi connectivity index (χ1n) is 7.09. The van der Waals surface area contributed by atoms with Crippen LogP contribution in [0.3, 0.4) is 0 Å². The molecular formula is C18H21NO. The number of anilines is 1. The van der Waals surface area contributed by atoms with Gasteiger partial charge in [-0.3, -0.25) is 0 Å². The second-order valence-corrected chi connectivity index (χ2v) is 6.24. The lowest BCUT2D eigenvalue weighted by atomic mass is 9.97. The molecule has 1 aliphatic heterocycles. The predicted molar refractivity (Wildman–Crippen MR) is 84.5 cm³/mol. The number of fused-ring (bicyclic) bond motifs is 1. The molecule has 0 saturated carbocycles. The third-order valence-corrected chi connectivity index (χ3v) is 3.77. The molecule has 1 heterocycles. The maximum atomic E-state index is 6.00. The van der Waals surface area contributed by atoms with Crippen LogP contribution in [-0.4, -0.2) is 12.1 Å². The van der Waals surface area contributed by atoms with Crippen LogP contribution in [0.4, 0.5) is 5.69 Å². The molecular weight excluding hydrogens is 246 g/mol. The van der Waals surface area contributed by atoms with E-state index in [9.17, 15) is 0 Å². The highest BCUT2D eigenvalue weighted by atomic mass is 16.5. The molecule has 0 atom stereocenters. The average molecular weight is 267 g/mol. The molecule has 104 valence electrons. The van der Waals surface area contributed by atoms with Crippen molar-refractivity contribution in [3.05, 3.63) is 47.5 Å². The monoisotopic (exact) mass is 267 g/mol. The van der Waals surface area contributed by atoms with E-state index < -0.39 is 0 Å². The molecule has 2 aromatic rings. The van der Waals surface area contributed by atoms with Crippen molar-refractivity contribution in [1.82, 2.24) is 0 Å². The first kappa shape index (κ1) is 13.0. The lowest BCUT2D eigenvalue weighted by molar-refractivity contribution is 0.116. The van der Waals surface area contributed by atoms with Gasteiger partial charge in [0, 0.05) is 0 Å². The van der Waals surface area contributed by atoms with Gasteiger partial charge in [0.05, 0.1) is 12.2 Å². The van der Waals surface area contributed by atoms with Gasteiger partial charge in [0.15, 0.2) is 0 Å². The van der Waals surface area contributed by atoms with E-state index in [2.05, 4.69) is 69.4 Å². The van der Waals surface area contributed by atoms with Gasteiger partial charge in [-0.25, -0.2) is 0 Å². The molecule has 1 aliphatic rings. The summed E-state index contributed by atoms with van der Waals surface area (Å²) in [6.07, 6.45) is 0. The fourth-order valence-electron chi connectivity index (χ4n) is 2.61. The smallest absolute Gasteiger partial charge is 0.143 e. The number of aryl methyl sites for hydroxylation is 2. The topological polar surface area (TPSA) is 21.3 Å². The summed E-state index contributed by atoms with van der Waals surface area (Å²) in [7, 11) is 0. The molecule has 0 fully saturated rings. The minimum Gasteiger partial charge on any atom is -0.484 e. The van der Waals surface area contributed by atoms with Crippen molar-refractivity contribution in [2.24, 2.45) is 0 Å². The molecule has 0 unspecified atom stereocenters. The Hall–Kier alpha value is -1.96. The summed E-state index contributed by atoms with van der Waals surface area (Å²) in [6, 6.07) is 13.0. The van der Waals surface area contributed by atoms with Gasteiger partial charge in [-0.2, -0.15) is 0 Å². The lowest BCUT2D eigenvalue weighted by Gasteiger charge is -2.33. The zero-order chi connectivity index (χ0) is 14.3. The van der Waals surface area contributed by atoms with Crippen LogP contribution < -0.4 is 10.1 Å². The van der Waals surface area contributed by atoms with Crippen LogP contribution in [0.15, 0.2) is 36.4 Å². The minimum atomic E-state index is -0.145. The summed E-state index contributed by atoms with van der Waals surface area (Å²) in [4.78, 5) is 0. The maximum absolute atomic E-state index is 6.00. The van der Waals surface area contributed by atoms with E-state index in [-0.39, 0.29) is 5.60 Å². The Bertz CT molecular complexity index is 658. The Kier molecular flexibility index (Phi) is 2.97. The lowest BCUT2D eigenvalue weighted by Crippen LogP contribution is -2.39. The van der Waals surface area contributed by atoms with Crippen LogP contribution >= 0.6 is 0 Å². The molecule has 0 aromatic heterocycles. The van der Waals surface area contributed by atoms with Gasteiger partial charge in [0.1, 0.15) is 11.4 Å². The van der Waals surface area contributed by atoms with Crippen molar-refractivity contribution in [2.75, 3.05) is 11.9 Å². The molecule has 0 radical (unpaired) electrons. The van der Waals surface area contributed by atoms with Crippen molar-refractivity contribution in [1.29, 1.82) is 0 Å². The minimum absolute atomic E-state index is 0.145. The Labute approximate surface area is 120 Å². The number of ether oxygens (including phenoxy) is 1. The van der Waals surface area contributed by atoms with E-state index in [4.69, 9.17) is 4.74 Å². The summed E-state index contributed by atoms with van der Waals surface area (Å²) >= 11 is 0. The van der Waals surface area contributed by atoms with Gasteiger partial charge in [0.25, 0.3) is 0 Å². The third kappa shape index (κ3) is 2.38. The molecule has 0 saturated heterocycles. The zero-order valence-corrected chi connectivity index (χ0v) is 12.6. The second kappa shape index (κ2) is 4.55. The summed E-state index contributed by atoms with van der Waals surface area (Å²) in [5.74, 6) is 0.940. The van der Waals surface area contributed by atoms with Crippen molar-refractivity contribution >= 4 is 5.69 Å². The first-order chi connectivity index (χ1) is 9.44. The fourth-order valence-corrected chi connectivity index (χ4v) is 2.61. The average Bonchev–Trinajstić information content (AvgIpc) is 2.40. The molecule has 0 aliphatic carbocycles. The molecule has 0 spiro atoms. The van der Waals surface area contributed by atoms with E-state index in [1.165, 1.54) is 22.3 Å². The number of rotatable bonds is 1. The Morgan fingerprint density at radius 3 is 2.65 bits per heavy atom. The normalized spacial score (nSPS) is 16.0. The van der Waals surface area contributed by atoms with E-state index in [0.29, 0.717) is 0 Å². The summed E-state index contributed by atoms with van der Waals surface area (Å²) in [5, 5.41) is 3.47. The van der Waals surface area contributed by atoms with Crippen LogP contribution in [-0.2, 0) is 0 Å². The van der Waals surface area contributed by atoms with Crippen molar-refractivity contribution in [3.63, 3.8) is 0 Å². The van der Waals surface area contributed by atoms with Crippen molar-refractivity contribution in [3.8, 4) is 16.9 Å². The largest absolute Gasteiger partial charge is 0.484 e. The predicted octanol–water partition coefficient (Wildman–Crippen LogP) is 4.55. The number of hydrogen-bond donors (Lipinski definition) is 1. The highest BCUT2D eigenvalue weighted by Crippen LogP contribution is 2.37. The van der Waals surface area contributed by atoms with Crippen LogP contribution in [0, 0.1) is 13.8 Å². The highest BCUT2D eigenvalue weighted by molar-refractivity contribution is 5.75. The molecule has 2 aromatic carbocycles. The molecule has 3 rings (SSSR count). The van der Waals surface area contributed by atoms with E-state index in [1.54, 1.807) is 0 Å². The maximum Gasteiger partial charge on any atom is 0.143 e. The quantitative estimate of drug-likeness (QED) is 0.818. The van der Waals surface area contributed by atoms with Gasteiger partial charge in [-0.1, -0.05) is 29.8 Å². The van der Waals surface area contributed by atoms with Crippen molar-refractivity contribution in [2.45, 2.75) is 33.3 Å². The van der Waals surface area contributed by atoms with Crippen molar-refractivity contribution < 1.29 is 4.74 Å². The first-order valence-corrected chi connectivity index (χ1v) is 7.09. The van der Waals surface area contributed by atoms with Gasteiger partial charge < -0.3 is 10.1 Å². The molecule has 2 nitrogen and oxygen atoms in total. The summed E-state index contributed by atoms with van der Waals surface area (Å²) in [5.41, 5.74) is 6.05. The Morgan fingerprint density at radius 1 is 1.05 bits per heavy atom. The standard InChI is InChI=1S/C18H21NO/c1-12-5-6-13(2)15(9-12)14-7-8-17-16(10-14)19-11-18(3,4)20-17/h5-10,19H,11H2,1-4H3. The number of hydrogen-bond acceptors (Lipinski definition) is 2. The number of benzene rings is 2. The Morgan fingerprint density at radius 2 is 1.85 bits per heavy atom. The third-order valence-electron chi connectivity index (χ3n) is 3.77. The fraction of sp³-hybridized carbons (Fsp3) is 0.333. The highest BCUT2D eigenvalue weighted by Gasteiger charge is 2.26. The Balaban J connectivity index is 2.03.